The fourth-order valence-corrected chi connectivity index (χ4v) is 1.58. The zero-order valence-electron chi connectivity index (χ0n) is 11.3. The second-order valence-electron chi connectivity index (χ2n) is 3.88. The topological polar surface area (TPSA) is 76.7 Å². The highest BCUT2D eigenvalue weighted by atomic mass is 16.5. The van der Waals surface area contributed by atoms with Crippen molar-refractivity contribution in [3.63, 3.8) is 0 Å². The maximum atomic E-state index is 11.1. The van der Waals surface area contributed by atoms with Crippen molar-refractivity contribution < 1.29 is 19.1 Å². The Bertz CT molecular complexity index is 460. The molecule has 0 aliphatic carbocycles. The van der Waals surface area contributed by atoms with Crippen LogP contribution in [0.2, 0.25) is 0 Å². The van der Waals surface area contributed by atoms with Gasteiger partial charge >= 0.3 is 6.09 Å². The van der Waals surface area contributed by atoms with Gasteiger partial charge in [-0.15, -0.1) is 0 Å². The van der Waals surface area contributed by atoms with Gasteiger partial charge in [0.1, 0.15) is 5.75 Å². The molecule has 0 heterocycles. The quantitative estimate of drug-likeness (QED) is 0.847. The van der Waals surface area contributed by atoms with Crippen LogP contribution in [0.3, 0.4) is 0 Å². The van der Waals surface area contributed by atoms with E-state index in [0.717, 1.165) is 5.56 Å². The molecule has 1 rings (SSSR count). The highest BCUT2D eigenvalue weighted by molar-refractivity contribution is 5.90. The number of amides is 2. The molecule has 2 amide bonds. The maximum absolute atomic E-state index is 11.1. The van der Waals surface area contributed by atoms with Crippen molar-refractivity contribution in [3.8, 4) is 5.75 Å². The lowest BCUT2D eigenvalue weighted by atomic mass is 10.1. The molecule has 6 heteroatoms. The summed E-state index contributed by atoms with van der Waals surface area (Å²) in [5.41, 5.74) is 1.59. The zero-order valence-corrected chi connectivity index (χ0v) is 11.3. The van der Waals surface area contributed by atoms with E-state index in [1.165, 1.54) is 14.0 Å². The first-order valence-corrected chi connectivity index (χ1v) is 5.83. The summed E-state index contributed by atoms with van der Waals surface area (Å²) in [5.74, 6) is 0.433. The molecule has 0 unspecified atom stereocenters. The predicted octanol–water partition coefficient (Wildman–Crippen LogP) is 1.55. The van der Waals surface area contributed by atoms with E-state index in [0.29, 0.717) is 24.4 Å². The molecule has 0 spiro atoms. The number of carbonyl (C=O) groups excluding carboxylic acids is 2. The van der Waals surface area contributed by atoms with Gasteiger partial charge in [-0.25, -0.2) is 4.79 Å². The van der Waals surface area contributed by atoms with Gasteiger partial charge < -0.3 is 20.1 Å². The molecule has 19 heavy (non-hydrogen) atoms. The van der Waals surface area contributed by atoms with E-state index in [4.69, 9.17) is 4.74 Å². The second kappa shape index (κ2) is 7.25. The highest BCUT2D eigenvalue weighted by Crippen LogP contribution is 2.25. The summed E-state index contributed by atoms with van der Waals surface area (Å²) < 4.78 is 9.63. The monoisotopic (exact) mass is 266 g/mol. The van der Waals surface area contributed by atoms with E-state index in [1.807, 2.05) is 12.1 Å². The SMILES string of the molecule is COC(=O)NCCc1ccc(OC)c(NC(C)=O)c1. The molecule has 0 saturated heterocycles. The molecule has 2 N–H and O–H groups in total. The van der Waals surface area contributed by atoms with Crippen molar-refractivity contribution >= 4 is 17.7 Å². The summed E-state index contributed by atoms with van der Waals surface area (Å²) in [6.07, 6.45) is 0.168. The van der Waals surface area contributed by atoms with Gasteiger partial charge in [0.05, 0.1) is 19.9 Å². The van der Waals surface area contributed by atoms with Gasteiger partial charge in [-0.2, -0.15) is 0 Å². The number of ether oxygens (including phenoxy) is 2. The van der Waals surface area contributed by atoms with Crippen LogP contribution in [0.1, 0.15) is 12.5 Å². The van der Waals surface area contributed by atoms with Gasteiger partial charge in [0.15, 0.2) is 0 Å². The fourth-order valence-electron chi connectivity index (χ4n) is 1.58. The Morgan fingerprint density at radius 1 is 1.26 bits per heavy atom. The van der Waals surface area contributed by atoms with Crippen molar-refractivity contribution in [2.45, 2.75) is 13.3 Å². The van der Waals surface area contributed by atoms with Crippen LogP contribution in [0.5, 0.6) is 5.75 Å². The molecular weight excluding hydrogens is 248 g/mol. The molecule has 1 aromatic rings. The molecule has 0 atom stereocenters. The molecule has 0 bridgehead atoms. The summed E-state index contributed by atoms with van der Waals surface area (Å²) in [5, 5.41) is 5.29. The number of rotatable bonds is 5. The minimum Gasteiger partial charge on any atom is -0.495 e. The average Bonchev–Trinajstić information content (AvgIpc) is 2.38. The lowest BCUT2D eigenvalue weighted by Gasteiger charge is -2.11. The van der Waals surface area contributed by atoms with Crippen LogP contribution in [-0.4, -0.2) is 32.8 Å². The minimum absolute atomic E-state index is 0.164. The molecule has 6 nitrogen and oxygen atoms in total. The summed E-state index contributed by atoms with van der Waals surface area (Å²) in [6.45, 7) is 1.89. The first kappa shape index (κ1) is 14.8. The Hall–Kier alpha value is -2.24. The Morgan fingerprint density at radius 3 is 2.58 bits per heavy atom. The van der Waals surface area contributed by atoms with E-state index in [-0.39, 0.29) is 5.91 Å². The largest absolute Gasteiger partial charge is 0.495 e. The Balaban J connectivity index is 2.69. The standard InChI is InChI=1S/C13H18N2O4/c1-9(16)15-11-8-10(4-5-12(11)18-2)6-7-14-13(17)19-3/h4-5,8H,6-7H2,1-3H3,(H,14,17)(H,15,16). The molecule has 0 aliphatic rings. The number of carbonyl (C=O) groups is 2. The van der Waals surface area contributed by atoms with Gasteiger partial charge in [-0.1, -0.05) is 6.07 Å². The van der Waals surface area contributed by atoms with Crippen LogP contribution in [0.25, 0.3) is 0 Å². The Labute approximate surface area is 112 Å². The van der Waals surface area contributed by atoms with Crippen LogP contribution in [0.15, 0.2) is 18.2 Å². The summed E-state index contributed by atoms with van der Waals surface area (Å²) >= 11 is 0. The highest BCUT2D eigenvalue weighted by Gasteiger charge is 2.06. The third kappa shape index (κ3) is 4.87. The predicted molar refractivity (Wildman–Crippen MR) is 71.4 cm³/mol. The third-order valence-corrected chi connectivity index (χ3v) is 2.44. The van der Waals surface area contributed by atoms with Crippen molar-refractivity contribution in [2.24, 2.45) is 0 Å². The molecule has 0 aromatic heterocycles. The molecule has 0 fully saturated rings. The van der Waals surface area contributed by atoms with E-state index < -0.39 is 6.09 Å². The van der Waals surface area contributed by atoms with Crippen molar-refractivity contribution in [3.05, 3.63) is 23.8 Å². The van der Waals surface area contributed by atoms with Crippen LogP contribution < -0.4 is 15.4 Å². The smallest absolute Gasteiger partial charge is 0.406 e. The Kier molecular flexibility index (Phi) is 5.66. The minimum atomic E-state index is -0.462. The first-order valence-electron chi connectivity index (χ1n) is 5.83. The van der Waals surface area contributed by atoms with Gasteiger partial charge in [0.2, 0.25) is 5.91 Å². The molecule has 0 aliphatic heterocycles. The number of nitrogens with one attached hydrogen (secondary N) is 2. The first-order chi connectivity index (χ1) is 9.06. The normalized spacial score (nSPS) is 9.63. The zero-order chi connectivity index (χ0) is 14.3. The van der Waals surface area contributed by atoms with Gasteiger partial charge in [-0.3, -0.25) is 4.79 Å². The fraction of sp³-hybridized carbons (Fsp3) is 0.385. The number of benzene rings is 1. The van der Waals surface area contributed by atoms with Gasteiger partial charge in [0, 0.05) is 13.5 Å². The van der Waals surface area contributed by atoms with E-state index in [1.54, 1.807) is 13.2 Å². The summed E-state index contributed by atoms with van der Waals surface area (Å²) in [7, 11) is 2.86. The Morgan fingerprint density at radius 2 is 2.00 bits per heavy atom. The van der Waals surface area contributed by atoms with Crippen LogP contribution in [0, 0.1) is 0 Å². The maximum Gasteiger partial charge on any atom is 0.406 e. The summed E-state index contributed by atoms with van der Waals surface area (Å²) in [6, 6.07) is 5.47. The lowest BCUT2D eigenvalue weighted by Crippen LogP contribution is -2.25. The average molecular weight is 266 g/mol. The van der Waals surface area contributed by atoms with Gasteiger partial charge in [-0.05, 0) is 24.1 Å². The second-order valence-corrected chi connectivity index (χ2v) is 3.88. The number of methoxy groups -OCH3 is 2. The van der Waals surface area contributed by atoms with Crippen molar-refractivity contribution in [1.29, 1.82) is 0 Å². The third-order valence-electron chi connectivity index (χ3n) is 2.44. The van der Waals surface area contributed by atoms with E-state index in [2.05, 4.69) is 15.4 Å². The molecular formula is C13H18N2O4. The van der Waals surface area contributed by atoms with Gasteiger partial charge in [0.25, 0.3) is 0 Å². The molecule has 0 saturated carbocycles. The molecule has 0 radical (unpaired) electrons. The number of hydrogen-bond acceptors (Lipinski definition) is 4. The number of hydrogen-bond donors (Lipinski definition) is 2. The number of anilines is 1. The molecule has 1 aromatic carbocycles. The summed E-state index contributed by atoms with van der Waals surface area (Å²) in [4.78, 5) is 22.0. The van der Waals surface area contributed by atoms with Crippen LogP contribution in [-0.2, 0) is 16.0 Å². The van der Waals surface area contributed by atoms with E-state index in [9.17, 15) is 9.59 Å². The number of alkyl carbamates (subject to hydrolysis) is 1. The molecule has 104 valence electrons. The van der Waals surface area contributed by atoms with E-state index >= 15 is 0 Å². The lowest BCUT2D eigenvalue weighted by molar-refractivity contribution is -0.114. The van der Waals surface area contributed by atoms with Crippen LogP contribution >= 0.6 is 0 Å². The van der Waals surface area contributed by atoms with Crippen LogP contribution in [0.4, 0.5) is 10.5 Å². The van der Waals surface area contributed by atoms with Crippen molar-refractivity contribution in [1.82, 2.24) is 5.32 Å². The van der Waals surface area contributed by atoms with Crippen molar-refractivity contribution in [2.75, 3.05) is 26.1 Å².